The molecule has 6 nitrogen and oxygen atoms in total. The van der Waals surface area contributed by atoms with Gasteiger partial charge in [-0.1, -0.05) is 35.5 Å². The maximum Gasteiger partial charge on any atom is 0.368 e. The van der Waals surface area contributed by atoms with Crippen LogP contribution in [0.3, 0.4) is 0 Å². The van der Waals surface area contributed by atoms with Crippen LogP contribution >= 0.6 is 0 Å². The number of rotatable bonds is 5. The fourth-order valence-corrected chi connectivity index (χ4v) is 1.48. The molecule has 0 aromatic carbocycles. The molecule has 8 heteroatoms. The molecule has 1 N–H and O–H groups in total. The van der Waals surface area contributed by atoms with E-state index in [9.17, 15) is 23.3 Å². The zero-order chi connectivity index (χ0) is 14.4. The lowest BCUT2D eigenvalue weighted by Crippen LogP contribution is -2.44. The van der Waals surface area contributed by atoms with Gasteiger partial charge in [-0.3, -0.25) is 4.79 Å². The molecule has 0 radical (unpaired) electrons. The van der Waals surface area contributed by atoms with Gasteiger partial charge in [0.2, 0.25) is 5.82 Å². The summed E-state index contributed by atoms with van der Waals surface area (Å²) in [5, 5.41) is 2.35. The lowest BCUT2D eigenvalue weighted by Gasteiger charge is -2.07. The summed E-state index contributed by atoms with van der Waals surface area (Å²) in [6.07, 6.45) is 4.03. The summed E-state index contributed by atoms with van der Waals surface area (Å²) in [5.41, 5.74) is -3.24. The van der Waals surface area contributed by atoms with Gasteiger partial charge in [0, 0.05) is 6.54 Å². The zero-order valence-corrected chi connectivity index (χ0v) is 10.5. The molecular formula is C11H15F2N3O3. The van der Waals surface area contributed by atoms with E-state index in [4.69, 9.17) is 0 Å². The van der Waals surface area contributed by atoms with Crippen LogP contribution in [0.25, 0.3) is 0 Å². The van der Waals surface area contributed by atoms with Crippen molar-refractivity contribution in [1.29, 1.82) is 0 Å². The Kier molecular flexibility index (Phi) is 5.40. The molecule has 106 valence electrons. The SMILES string of the molecule is CCCCCCNC(=O)n1cc(F)c(=O)n(F)c1=O. The van der Waals surface area contributed by atoms with Crippen molar-refractivity contribution >= 4 is 6.03 Å². The van der Waals surface area contributed by atoms with Gasteiger partial charge in [0.1, 0.15) is 0 Å². The van der Waals surface area contributed by atoms with Crippen molar-refractivity contribution in [2.24, 2.45) is 0 Å². The van der Waals surface area contributed by atoms with E-state index in [-0.39, 0.29) is 11.1 Å². The Balaban J connectivity index is 2.73. The molecule has 0 unspecified atom stereocenters. The van der Waals surface area contributed by atoms with Crippen molar-refractivity contribution in [3.05, 3.63) is 32.9 Å². The van der Waals surface area contributed by atoms with Crippen molar-refractivity contribution in [2.45, 2.75) is 32.6 Å². The average Bonchev–Trinajstić information content (AvgIpc) is 2.40. The second-order valence-electron chi connectivity index (χ2n) is 4.01. The van der Waals surface area contributed by atoms with Crippen LogP contribution in [0.4, 0.5) is 13.7 Å². The number of hydrogen-bond acceptors (Lipinski definition) is 3. The number of nitrogens with zero attached hydrogens (tertiary/aromatic N) is 2. The predicted octanol–water partition coefficient (Wildman–Crippen LogP) is 1.02. The summed E-state index contributed by atoms with van der Waals surface area (Å²) >= 11 is 0. The van der Waals surface area contributed by atoms with Crippen LogP contribution in [0.1, 0.15) is 32.6 Å². The van der Waals surface area contributed by atoms with Crippen LogP contribution in [0.5, 0.6) is 0 Å². The van der Waals surface area contributed by atoms with E-state index >= 15 is 0 Å². The number of hydrogen-bond donors (Lipinski definition) is 1. The van der Waals surface area contributed by atoms with Gasteiger partial charge in [-0.05, 0) is 6.42 Å². The summed E-state index contributed by atoms with van der Waals surface area (Å²) in [7, 11) is 0. The summed E-state index contributed by atoms with van der Waals surface area (Å²) in [6, 6.07) is -0.966. The van der Waals surface area contributed by atoms with Gasteiger partial charge in [0.25, 0.3) is 0 Å². The molecule has 1 heterocycles. The molecule has 0 bridgehead atoms. The van der Waals surface area contributed by atoms with Crippen LogP contribution in [-0.2, 0) is 0 Å². The molecule has 0 spiro atoms. The minimum Gasteiger partial charge on any atom is -0.337 e. The number of carbonyl (C=O) groups is 1. The van der Waals surface area contributed by atoms with Crippen molar-refractivity contribution in [3.8, 4) is 0 Å². The van der Waals surface area contributed by atoms with Crippen molar-refractivity contribution in [2.75, 3.05) is 6.54 Å². The Bertz CT molecular complexity index is 565. The second-order valence-corrected chi connectivity index (χ2v) is 4.01. The van der Waals surface area contributed by atoms with Gasteiger partial charge in [-0.25, -0.2) is 14.2 Å². The standard InChI is InChI=1S/C11H15F2N3O3/c1-2-3-4-5-6-14-10(18)15-7-8(12)9(17)16(13)11(15)19/h7H,2-6H2,1H3,(H,14,18). The van der Waals surface area contributed by atoms with E-state index in [2.05, 4.69) is 5.32 Å². The third-order valence-electron chi connectivity index (χ3n) is 2.52. The molecule has 0 aliphatic carbocycles. The number of nitrogens with one attached hydrogen (secondary N) is 1. The monoisotopic (exact) mass is 275 g/mol. The van der Waals surface area contributed by atoms with Crippen LogP contribution in [-0.4, -0.2) is 21.9 Å². The topological polar surface area (TPSA) is 73.1 Å². The smallest absolute Gasteiger partial charge is 0.337 e. The fraction of sp³-hybridized carbons (Fsp3) is 0.545. The van der Waals surface area contributed by atoms with Gasteiger partial charge in [-0.15, -0.1) is 0 Å². The highest BCUT2D eigenvalue weighted by atomic mass is 19.2. The minimum atomic E-state index is -1.71. The Morgan fingerprint density at radius 3 is 2.63 bits per heavy atom. The van der Waals surface area contributed by atoms with E-state index in [0.717, 1.165) is 19.3 Å². The molecule has 1 aromatic heterocycles. The highest BCUT2D eigenvalue weighted by Gasteiger charge is 2.15. The number of carbonyl (C=O) groups excluding carboxylic acids is 1. The Morgan fingerprint density at radius 2 is 2.00 bits per heavy atom. The van der Waals surface area contributed by atoms with E-state index in [1.807, 2.05) is 6.92 Å². The Labute approximate surface area is 107 Å². The summed E-state index contributed by atoms with van der Waals surface area (Å²) in [6.45, 7) is 2.32. The average molecular weight is 275 g/mol. The molecule has 1 amide bonds. The van der Waals surface area contributed by atoms with Crippen LogP contribution in [0, 0.1) is 5.82 Å². The molecule has 0 atom stereocenters. The summed E-state index contributed by atoms with van der Waals surface area (Å²) in [4.78, 5) is 32.6. The first kappa shape index (κ1) is 15.1. The van der Waals surface area contributed by atoms with Gasteiger partial charge in [0.05, 0.1) is 6.20 Å². The van der Waals surface area contributed by atoms with Crippen LogP contribution in [0.2, 0.25) is 0 Å². The van der Waals surface area contributed by atoms with Crippen molar-refractivity contribution < 1.29 is 13.7 Å². The van der Waals surface area contributed by atoms with Gasteiger partial charge < -0.3 is 5.32 Å². The molecule has 1 aromatic rings. The number of aromatic nitrogens is 2. The van der Waals surface area contributed by atoms with E-state index in [1.165, 1.54) is 0 Å². The van der Waals surface area contributed by atoms with E-state index in [0.29, 0.717) is 12.6 Å². The molecular weight excluding hydrogens is 260 g/mol. The number of amides is 1. The summed E-state index contributed by atoms with van der Waals surface area (Å²) in [5.74, 6) is -1.51. The third kappa shape index (κ3) is 3.73. The lowest BCUT2D eigenvalue weighted by molar-refractivity contribution is 0.235. The third-order valence-corrected chi connectivity index (χ3v) is 2.52. The highest BCUT2D eigenvalue weighted by Crippen LogP contribution is 1.97. The lowest BCUT2D eigenvalue weighted by atomic mass is 10.2. The molecule has 0 saturated carbocycles. The number of unbranched alkanes of at least 4 members (excludes halogenated alkanes) is 3. The molecule has 0 saturated heterocycles. The van der Waals surface area contributed by atoms with Crippen LogP contribution < -0.4 is 16.6 Å². The van der Waals surface area contributed by atoms with Gasteiger partial charge >= 0.3 is 17.3 Å². The first-order valence-electron chi connectivity index (χ1n) is 5.97. The normalized spacial score (nSPS) is 10.5. The molecule has 19 heavy (non-hydrogen) atoms. The quantitative estimate of drug-likeness (QED) is 0.815. The molecule has 0 fully saturated rings. The van der Waals surface area contributed by atoms with E-state index in [1.54, 1.807) is 0 Å². The molecule has 0 aliphatic heterocycles. The van der Waals surface area contributed by atoms with Crippen molar-refractivity contribution in [3.63, 3.8) is 0 Å². The predicted molar refractivity (Wildman–Crippen MR) is 64.4 cm³/mol. The number of halogens is 2. The van der Waals surface area contributed by atoms with Gasteiger partial charge in [-0.2, -0.15) is 4.39 Å². The minimum absolute atomic E-state index is 0.191. The van der Waals surface area contributed by atoms with E-state index < -0.39 is 27.9 Å². The molecule has 1 rings (SSSR count). The largest absolute Gasteiger partial charge is 0.368 e. The molecule has 0 aliphatic rings. The first-order chi connectivity index (χ1) is 8.99. The fourth-order valence-electron chi connectivity index (χ4n) is 1.48. The van der Waals surface area contributed by atoms with Crippen molar-refractivity contribution in [1.82, 2.24) is 14.7 Å². The highest BCUT2D eigenvalue weighted by molar-refractivity contribution is 5.76. The van der Waals surface area contributed by atoms with Crippen LogP contribution in [0.15, 0.2) is 15.8 Å². The maximum atomic E-state index is 13.0. The second kappa shape index (κ2) is 6.81. The Morgan fingerprint density at radius 1 is 1.32 bits per heavy atom. The first-order valence-corrected chi connectivity index (χ1v) is 5.97. The summed E-state index contributed by atoms with van der Waals surface area (Å²) < 4.78 is 26.1. The Hall–Kier alpha value is -1.99. The maximum absolute atomic E-state index is 13.0. The van der Waals surface area contributed by atoms with Gasteiger partial charge in [0.15, 0.2) is 0 Å². The zero-order valence-electron chi connectivity index (χ0n) is 10.5.